The predicted octanol–water partition coefficient (Wildman–Crippen LogP) is 1.95. The lowest BCUT2D eigenvalue weighted by atomic mass is 9.66. The highest BCUT2D eigenvalue weighted by atomic mass is 35.5. The van der Waals surface area contributed by atoms with Crippen LogP contribution >= 0.6 is 12.4 Å². The van der Waals surface area contributed by atoms with Crippen LogP contribution in [-0.2, 0) is 0 Å². The summed E-state index contributed by atoms with van der Waals surface area (Å²) < 4.78 is 0. The summed E-state index contributed by atoms with van der Waals surface area (Å²) in [7, 11) is 0. The average molecular weight is 150 g/mol. The molecule has 0 aromatic rings. The van der Waals surface area contributed by atoms with Crippen LogP contribution in [0.3, 0.4) is 0 Å². The number of hydrogen-bond acceptors (Lipinski definition) is 1. The van der Waals surface area contributed by atoms with Gasteiger partial charge in [0.05, 0.1) is 0 Å². The van der Waals surface area contributed by atoms with Gasteiger partial charge in [-0.25, -0.2) is 0 Å². The van der Waals surface area contributed by atoms with Crippen molar-refractivity contribution in [1.29, 1.82) is 0 Å². The first-order valence-electron chi connectivity index (χ1n) is 3.41. The maximum absolute atomic E-state index is 5.73. The van der Waals surface area contributed by atoms with E-state index in [0.29, 0.717) is 11.5 Å². The van der Waals surface area contributed by atoms with E-state index in [4.69, 9.17) is 5.73 Å². The lowest BCUT2D eigenvalue weighted by molar-refractivity contribution is 0.128. The largest absolute Gasteiger partial charge is 0.327 e. The van der Waals surface area contributed by atoms with Gasteiger partial charge in [-0.05, 0) is 25.2 Å². The van der Waals surface area contributed by atoms with Crippen LogP contribution in [0.15, 0.2) is 0 Å². The maximum Gasteiger partial charge on any atom is 0.00643 e. The van der Waals surface area contributed by atoms with Crippen molar-refractivity contribution in [2.75, 3.05) is 0 Å². The van der Waals surface area contributed by atoms with E-state index in [1.165, 1.54) is 19.3 Å². The highest BCUT2D eigenvalue weighted by Crippen LogP contribution is 2.42. The van der Waals surface area contributed by atoms with Crippen molar-refractivity contribution in [2.24, 2.45) is 11.1 Å². The third-order valence-corrected chi connectivity index (χ3v) is 2.60. The van der Waals surface area contributed by atoms with Crippen LogP contribution < -0.4 is 5.73 Å². The summed E-state index contributed by atoms with van der Waals surface area (Å²) >= 11 is 0. The Balaban J connectivity index is 0.000000640. The zero-order valence-corrected chi connectivity index (χ0v) is 7.00. The van der Waals surface area contributed by atoms with Gasteiger partial charge < -0.3 is 5.73 Å². The highest BCUT2D eigenvalue weighted by Gasteiger charge is 2.34. The molecule has 56 valence electrons. The van der Waals surface area contributed by atoms with E-state index in [9.17, 15) is 0 Å². The lowest BCUT2D eigenvalue weighted by Crippen LogP contribution is -2.42. The minimum Gasteiger partial charge on any atom is -0.327 e. The first-order chi connectivity index (χ1) is 3.65. The second-order valence-corrected chi connectivity index (χ2v) is 3.30. The summed E-state index contributed by atoms with van der Waals surface area (Å²) in [5, 5.41) is 0. The van der Waals surface area contributed by atoms with Crippen LogP contribution in [0.25, 0.3) is 0 Å². The zero-order chi connectivity index (χ0) is 6.20. The molecule has 1 aliphatic rings. The first-order valence-corrected chi connectivity index (χ1v) is 3.41. The Morgan fingerprint density at radius 3 is 1.89 bits per heavy atom. The lowest BCUT2D eigenvalue weighted by Gasteiger charge is -2.41. The molecule has 0 radical (unpaired) electrons. The topological polar surface area (TPSA) is 26.0 Å². The summed E-state index contributed by atoms with van der Waals surface area (Å²) in [6.07, 6.45) is 4.06. The Labute approximate surface area is 63.4 Å². The Kier molecular flexibility index (Phi) is 2.97. The van der Waals surface area contributed by atoms with Crippen molar-refractivity contribution in [3.8, 4) is 0 Å². The van der Waals surface area contributed by atoms with E-state index in [0.717, 1.165) is 0 Å². The third-order valence-electron chi connectivity index (χ3n) is 2.60. The first kappa shape index (κ1) is 9.25. The quantitative estimate of drug-likeness (QED) is 0.606. The Morgan fingerprint density at radius 1 is 1.44 bits per heavy atom. The van der Waals surface area contributed by atoms with Gasteiger partial charge in [-0.15, -0.1) is 12.4 Å². The van der Waals surface area contributed by atoms with Gasteiger partial charge in [-0.3, -0.25) is 0 Å². The van der Waals surface area contributed by atoms with Crippen LogP contribution in [0.1, 0.15) is 33.1 Å². The molecule has 0 amide bonds. The fraction of sp³-hybridized carbons (Fsp3) is 1.00. The van der Waals surface area contributed by atoms with Crippen molar-refractivity contribution in [3.63, 3.8) is 0 Å². The normalized spacial score (nSPS) is 25.7. The molecule has 1 aliphatic carbocycles. The van der Waals surface area contributed by atoms with Crippen molar-refractivity contribution in [1.82, 2.24) is 0 Å². The molecule has 1 nitrogen and oxygen atoms in total. The van der Waals surface area contributed by atoms with Gasteiger partial charge in [0.1, 0.15) is 0 Å². The van der Waals surface area contributed by atoms with Crippen LogP contribution in [0.2, 0.25) is 0 Å². The van der Waals surface area contributed by atoms with E-state index in [1.807, 2.05) is 0 Å². The summed E-state index contributed by atoms with van der Waals surface area (Å²) in [6.45, 7) is 4.39. The van der Waals surface area contributed by atoms with Crippen LogP contribution in [0.4, 0.5) is 0 Å². The van der Waals surface area contributed by atoms with Crippen molar-refractivity contribution < 1.29 is 0 Å². The molecule has 0 bridgehead atoms. The molecule has 1 saturated carbocycles. The van der Waals surface area contributed by atoms with E-state index >= 15 is 0 Å². The second-order valence-electron chi connectivity index (χ2n) is 3.30. The fourth-order valence-corrected chi connectivity index (χ4v) is 1.19. The van der Waals surface area contributed by atoms with Gasteiger partial charge in [0.2, 0.25) is 0 Å². The minimum absolute atomic E-state index is 0. The molecule has 1 rings (SSSR count). The molecule has 0 aromatic heterocycles. The molecule has 1 atom stereocenters. The van der Waals surface area contributed by atoms with Crippen LogP contribution in [-0.4, -0.2) is 6.04 Å². The smallest absolute Gasteiger partial charge is 0.00643 e. The summed E-state index contributed by atoms with van der Waals surface area (Å²) in [5.41, 5.74) is 6.23. The van der Waals surface area contributed by atoms with Crippen molar-refractivity contribution >= 4 is 12.4 Å². The van der Waals surface area contributed by atoms with Gasteiger partial charge in [0.15, 0.2) is 0 Å². The van der Waals surface area contributed by atoms with E-state index in [2.05, 4.69) is 13.8 Å². The van der Waals surface area contributed by atoms with Crippen LogP contribution in [0.5, 0.6) is 0 Å². The summed E-state index contributed by atoms with van der Waals surface area (Å²) in [6, 6.07) is 0.399. The standard InChI is InChI=1S/C7H15N.ClH/c1-6(8)7(2)4-3-5-7;/h6H,3-5,8H2,1-2H3;1H. The predicted molar refractivity (Wildman–Crippen MR) is 42.9 cm³/mol. The molecule has 9 heavy (non-hydrogen) atoms. The minimum atomic E-state index is 0. The molecule has 2 N–H and O–H groups in total. The number of hydrogen-bond donors (Lipinski definition) is 1. The SMILES string of the molecule is CC(N)C1(C)CCC1.Cl. The fourth-order valence-electron chi connectivity index (χ4n) is 1.19. The molecule has 0 saturated heterocycles. The maximum atomic E-state index is 5.73. The number of nitrogens with two attached hydrogens (primary N) is 1. The van der Waals surface area contributed by atoms with Crippen molar-refractivity contribution in [2.45, 2.75) is 39.2 Å². The number of rotatable bonds is 1. The number of halogens is 1. The van der Waals surface area contributed by atoms with Gasteiger partial charge in [0.25, 0.3) is 0 Å². The Hall–Kier alpha value is 0.250. The van der Waals surface area contributed by atoms with E-state index in [-0.39, 0.29) is 12.4 Å². The van der Waals surface area contributed by atoms with Gasteiger partial charge in [-0.2, -0.15) is 0 Å². The Morgan fingerprint density at radius 2 is 1.89 bits per heavy atom. The average Bonchev–Trinajstić information content (AvgIpc) is 1.60. The summed E-state index contributed by atoms with van der Waals surface area (Å²) in [4.78, 5) is 0. The second kappa shape index (κ2) is 2.89. The zero-order valence-electron chi connectivity index (χ0n) is 6.18. The molecule has 0 aliphatic heterocycles. The van der Waals surface area contributed by atoms with Gasteiger partial charge in [0, 0.05) is 6.04 Å². The molecular formula is C7H16ClN. The molecule has 0 spiro atoms. The highest BCUT2D eigenvalue weighted by molar-refractivity contribution is 5.85. The third kappa shape index (κ3) is 1.59. The van der Waals surface area contributed by atoms with Gasteiger partial charge in [-0.1, -0.05) is 13.3 Å². The van der Waals surface area contributed by atoms with E-state index < -0.39 is 0 Å². The molecule has 0 aromatic carbocycles. The van der Waals surface area contributed by atoms with Crippen LogP contribution in [0, 0.1) is 5.41 Å². The molecule has 0 heterocycles. The molecule has 2 heteroatoms. The van der Waals surface area contributed by atoms with Crippen molar-refractivity contribution in [3.05, 3.63) is 0 Å². The summed E-state index contributed by atoms with van der Waals surface area (Å²) in [5.74, 6) is 0. The molecule has 1 unspecified atom stereocenters. The van der Waals surface area contributed by atoms with Gasteiger partial charge >= 0.3 is 0 Å². The molecular weight excluding hydrogens is 134 g/mol. The Bertz CT molecular complexity index is 86.9. The van der Waals surface area contributed by atoms with E-state index in [1.54, 1.807) is 0 Å². The monoisotopic (exact) mass is 149 g/mol. The molecule has 1 fully saturated rings.